The molecular weight excluding hydrogens is 389 g/mol. The first kappa shape index (κ1) is 20.5. The number of nitrogens with two attached hydrogens (primary N) is 1. The summed E-state index contributed by atoms with van der Waals surface area (Å²) in [6.07, 6.45) is 3.13. The quantitative estimate of drug-likeness (QED) is 0.528. The van der Waals surface area contributed by atoms with E-state index in [2.05, 4.69) is 14.9 Å². The van der Waals surface area contributed by atoms with Gasteiger partial charge in [-0.3, -0.25) is 5.41 Å². The minimum Gasteiger partial charge on any atom is -0.484 e. The van der Waals surface area contributed by atoms with E-state index in [1.807, 2.05) is 6.92 Å². The molecule has 2 aromatic rings. The molecule has 160 valence electrons. The molecule has 1 saturated heterocycles. The zero-order chi connectivity index (χ0) is 21.3. The van der Waals surface area contributed by atoms with Crippen molar-refractivity contribution in [3.05, 3.63) is 41.6 Å². The average Bonchev–Trinajstić information content (AvgIpc) is 3.47. The van der Waals surface area contributed by atoms with E-state index in [0.29, 0.717) is 43.4 Å². The van der Waals surface area contributed by atoms with Crippen LogP contribution in [0, 0.1) is 11.2 Å². The summed E-state index contributed by atoms with van der Waals surface area (Å²) >= 11 is 0. The zero-order valence-corrected chi connectivity index (χ0v) is 17.2. The van der Waals surface area contributed by atoms with Crippen LogP contribution >= 0.6 is 0 Å². The summed E-state index contributed by atoms with van der Waals surface area (Å²) in [7, 11) is 1.64. The lowest BCUT2D eigenvalue weighted by Gasteiger charge is -2.33. The lowest BCUT2D eigenvalue weighted by Crippen LogP contribution is -2.44. The molecule has 8 nitrogen and oxygen atoms in total. The first-order valence-electron chi connectivity index (χ1n) is 9.93. The summed E-state index contributed by atoms with van der Waals surface area (Å²) in [5.74, 6) is 0.267. The second kappa shape index (κ2) is 8.16. The third kappa shape index (κ3) is 4.36. The van der Waals surface area contributed by atoms with Gasteiger partial charge in [-0.2, -0.15) is 0 Å². The van der Waals surface area contributed by atoms with Crippen LogP contribution in [0.5, 0.6) is 5.75 Å². The second-order valence-electron chi connectivity index (χ2n) is 7.95. The standard InChI is InChI=1S/C21H26FN5O3/c1-21(3-4-21)30-18-7-14(16(23)8-15(18)22)20(24)17-9-19(26-12-25-17)27-5-6-29-13(10-27)11-28-2/h7-9,12-13,24H,3-6,10-11,23H2,1-2H3. The summed E-state index contributed by atoms with van der Waals surface area (Å²) in [6, 6.07) is 4.43. The number of anilines is 2. The zero-order valence-electron chi connectivity index (χ0n) is 17.2. The van der Waals surface area contributed by atoms with Crippen molar-refractivity contribution in [2.75, 3.05) is 44.0 Å². The Morgan fingerprint density at radius 1 is 1.37 bits per heavy atom. The Kier molecular flexibility index (Phi) is 5.57. The van der Waals surface area contributed by atoms with Gasteiger partial charge in [-0.25, -0.2) is 14.4 Å². The SMILES string of the molecule is COCC1CN(c2cc(C(=N)c3cc(OC4(C)CC4)c(F)cc3N)ncn2)CCO1. The molecule has 1 saturated carbocycles. The molecule has 2 aliphatic rings. The van der Waals surface area contributed by atoms with Crippen LogP contribution in [-0.2, 0) is 9.47 Å². The number of rotatable bonds is 7. The van der Waals surface area contributed by atoms with Crippen molar-refractivity contribution < 1.29 is 18.6 Å². The highest BCUT2D eigenvalue weighted by atomic mass is 19.1. The van der Waals surface area contributed by atoms with Gasteiger partial charge in [0.2, 0.25) is 0 Å². The fourth-order valence-corrected chi connectivity index (χ4v) is 3.42. The van der Waals surface area contributed by atoms with Crippen molar-refractivity contribution in [1.29, 1.82) is 5.41 Å². The monoisotopic (exact) mass is 415 g/mol. The lowest BCUT2D eigenvalue weighted by molar-refractivity contribution is -0.0102. The van der Waals surface area contributed by atoms with Gasteiger partial charge in [0, 0.05) is 43.6 Å². The summed E-state index contributed by atoms with van der Waals surface area (Å²) in [4.78, 5) is 10.7. The van der Waals surface area contributed by atoms with E-state index in [0.717, 1.165) is 12.8 Å². The Labute approximate surface area is 174 Å². The molecule has 30 heavy (non-hydrogen) atoms. The number of halogens is 1. The molecule has 1 unspecified atom stereocenters. The summed E-state index contributed by atoms with van der Waals surface area (Å²) in [5.41, 5.74) is 6.71. The molecule has 0 spiro atoms. The predicted octanol–water partition coefficient (Wildman–Crippen LogP) is 2.40. The molecule has 1 atom stereocenters. The van der Waals surface area contributed by atoms with Crippen molar-refractivity contribution in [3.8, 4) is 5.75 Å². The van der Waals surface area contributed by atoms with Gasteiger partial charge in [-0.15, -0.1) is 0 Å². The molecule has 0 amide bonds. The number of hydrogen-bond donors (Lipinski definition) is 2. The van der Waals surface area contributed by atoms with E-state index in [-0.39, 0.29) is 28.9 Å². The number of methoxy groups -OCH3 is 1. The van der Waals surface area contributed by atoms with E-state index < -0.39 is 5.82 Å². The Hall–Kier alpha value is -2.78. The Morgan fingerprint density at radius 3 is 2.90 bits per heavy atom. The van der Waals surface area contributed by atoms with Crippen molar-refractivity contribution in [3.63, 3.8) is 0 Å². The van der Waals surface area contributed by atoms with Crippen LogP contribution in [0.15, 0.2) is 24.5 Å². The van der Waals surface area contributed by atoms with Gasteiger partial charge in [0.1, 0.15) is 17.7 Å². The molecule has 0 radical (unpaired) electrons. The van der Waals surface area contributed by atoms with Crippen LogP contribution in [-0.4, -0.2) is 60.8 Å². The van der Waals surface area contributed by atoms with Gasteiger partial charge >= 0.3 is 0 Å². The van der Waals surface area contributed by atoms with Crippen LogP contribution in [0.1, 0.15) is 31.0 Å². The fraction of sp³-hybridized carbons (Fsp3) is 0.476. The van der Waals surface area contributed by atoms with Crippen LogP contribution in [0.4, 0.5) is 15.9 Å². The summed E-state index contributed by atoms with van der Waals surface area (Å²) in [5, 5.41) is 8.63. The predicted molar refractivity (Wildman–Crippen MR) is 111 cm³/mol. The number of nitrogens with zero attached hydrogens (tertiary/aromatic N) is 3. The van der Waals surface area contributed by atoms with Crippen molar-refractivity contribution in [2.24, 2.45) is 0 Å². The minimum absolute atomic E-state index is 0.0437. The number of ether oxygens (including phenoxy) is 3. The fourth-order valence-electron chi connectivity index (χ4n) is 3.42. The number of hydrogen-bond acceptors (Lipinski definition) is 8. The van der Waals surface area contributed by atoms with E-state index >= 15 is 0 Å². The van der Waals surface area contributed by atoms with Crippen LogP contribution < -0.4 is 15.4 Å². The molecule has 1 aromatic heterocycles. The largest absolute Gasteiger partial charge is 0.484 e. The number of morpholine rings is 1. The number of benzene rings is 1. The van der Waals surface area contributed by atoms with Crippen LogP contribution in [0.3, 0.4) is 0 Å². The molecule has 3 N–H and O–H groups in total. The molecule has 2 fully saturated rings. The lowest BCUT2D eigenvalue weighted by atomic mass is 10.0. The van der Waals surface area contributed by atoms with E-state index in [1.165, 1.54) is 18.5 Å². The molecule has 2 heterocycles. The van der Waals surface area contributed by atoms with Gasteiger partial charge in [0.05, 0.1) is 30.7 Å². The Balaban J connectivity index is 1.58. The molecule has 1 aliphatic carbocycles. The highest BCUT2D eigenvalue weighted by molar-refractivity contribution is 6.13. The van der Waals surface area contributed by atoms with Crippen molar-refractivity contribution in [2.45, 2.75) is 31.5 Å². The normalized spacial score (nSPS) is 20.1. The van der Waals surface area contributed by atoms with Crippen molar-refractivity contribution in [1.82, 2.24) is 9.97 Å². The van der Waals surface area contributed by atoms with Gasteiger partial charge < -0.3 is 24.8 Å². The van der Waals surface area contributed by atoms with Gasteiger partial charge in [-0.05, 0) is 25.8 Å². The summed E-state index contributed by atoms with van der Waals surface area (Å²) < 4.78 is 31.0. The van der Waals surface area contributed by atoms with E-state index in [1.54, 1.807) is 13.2 Å². The topological polar surface area (TPSA) is 107 Å². The number of nitrogens with one attached hydrogen (secondary N) is 1. The highest BCUT2D eigenvalue weighted by Crippen LogP contribution is 2.41. The first-order chi connectivity index (χ1) is 14.4. The minimum atomic E-state index is -0.530. The van der Waals surface area contributed by atoms with E-state index in [9.17, 15) is 4.39 Å². The molecule has 4 rings (SSSR count). The Morgan fingerprint density at radius 2 is 2.17 bits per heavy atom. The smallest absolute Gasteiger partial charge is 0.167 e. The maximum Gasteiger partial charge on any atom is 0.167 e. The summed E-state index contributed by atoms with van der Waals surface area (Å²) in [6.45, 7) is 4.31. The Bertz CT molecular complexity index is 948. The maximum absolute atomic E-state index is 14.3. The highest BCUT2D eigenvalue weighted by Gasteiger charge is 2.40. The number of nitrogen functional groups attached to an aromatic ring is 1. The molecular formula is C21H26FN5O3. The first-order valence-corrected chi connectivity index (χ1v) is 9.93. The van der Waals surface area contributed by atoms with Gasteiger partial charge in [0.15, 0.2) is 11.6 Å². The third-order valence-electron chi connectivity index (χ3n) is 5.41. The number of aromatic nitrogens is 2. The third-order valence-corrected chi connectivity index (χ3v) is 5.41. The second-order valence-corrected chi connectivity index (χ2v) is 7.95. The van der Waals surface area contributed by atoms with Gasteiger partial charge in [0.25, 0.3) is 0 Å². The maximum atomic E-state index is 14.3. The van der Waals surface area contributed by atoms with Crippen molar-refractivity contribution >= 4 is 17.2 Å². The van der Waals surface area contributed by atoms with Crippen LogP contribution in [0.2, 0.25) is 0 Å². The van der Waals surface area contributed by atoms with E-state index in [4.69, 9.17) is 25.4 Å². The molecule has 1 aliphatic heterocycles. The average molecular weight is 415 g/mol. The van der Waals surface area contributed by atoms with Gasteiger partial charge in [-0.1, -0.05) is 0 Å². The molecule has 0 bridgehead atoms. The molecule has 1 aromatic carbocycles. The van der Waals surface area contributed by atoms with Crippen LogP contribution in [0.25, 0.3) is 0 Å². The molecule has 9 heteroatoms.